The Labute approximate surface area is 91.9 Å². The maximum Gasteiger partial charge on any atom is 0.242 e. The highest BCUT2D eigenvalue weighted by atomic mass is 79.9. The van der Waals surface area contributed by atoms with E-state index < -0.39 is 10.0 Å². The van der Waals surface area contributed by atoms with Gasteiger partial charge in [-0.25, -0.2) is 13.1 Å². The SMILES string of the molecule is CC(CBr)NS(=O)(=O)c1cccnc1. The molecule has 1 rings (SSSR count). The molecule has 78 valence electrons. The van der Waals surface area contributed by atoms with Crippen LogP contribution in [0.25, 0.3) is 0 Å². The monoisotopic (exact) mass is 278 g/mol. The quantitative estimate of drug-likeness (QED) is 0.841. The van der Waals surface area contributed by atoms with Gasteiger partial charge in [0.1, 0.15) is 4.90 Å². The Morgan fingerprint density at radius 2 is 2.36 bits per heavy atom. The Morgan fingerprint density at radius 3 is 2.86 bits per heavy atom. The fourth-order valence-corrected chi connectivity index (χ4v) is 2.45. The molecule has 0 aliphatic heterocycles. The predicted molar refractivity (Wildman–Crippen MR) is 57.8 cm³/mol. The minimum absolute atomic E-state index is 0.139. The zero-order chi connectivity index (χ0) is 10.6. The number of pyridine rings is 1. The Kier molecular flexibility index (Phi) is 4.03. The second-order valence-corrected chi connectivity index (χ2v) is 5.23. The number of hydrogen-bond donors (Lipinski definition) is 1. The minimum Gasteiger partial charge on any atom is -0.263 e. The van der Waals surface area contributed by atoms with Gasteiger partial charge >= 0.3 is 0 Å². The van der Waals surface area contributed by atoms with E-state index in [2.05, 4.69) is 25.6 Å². The second kappa shape index (κ2) is 4.86. The van der Waals surface area contributed by atoms with Gasteiger partial charge in [-0.2, -0.15) is 0 Å². The van der Waals surface area contributed by atoms with Crippen LogP contribution >= 0.6 is 15.9 Å². The first-order chi connectivity index (χ1) is 6.56. The second-order valence-electron chi connectivity index (χ2n) is 2.87. The first-order valence-corrected chi connectivity index (χ1v) is 6.65. The molecule has 1 aromatic rings. The molecule has 0 aliphatic carbocycles. The number of halogens is 1. The Bertz CT molecular complexity index is 380. The van der Waals surface area contributed by atoms with Gasteiger partial charge in [0.15, 0.2) is 0 Å². The largest absolute Gasteiger partial charge is 0.263 e. The molecular formula is C8H11BrN2O2S. The Morgan fingerprint density at radius 1 is 1.64 bits per heavy atom. The van der Waals surface area contributed by atoms with Crippen LogP contribution in [-0.4, -0.2) is 24.8 Å². The zero-order valence-corrected chi connectivity index (χ0v) is 10.0. The van der Waals surface area contributed by atoms with E-state index in [1.807, 2.05) is 0 Å². The van der Waals surface area contributed by atoms with E-state index >= 15 is 0 Å². The van der Waals surface area contributed by atoms with E-state index in [0.717, 1.165) is 0 Å². The van der Waals surface area contributed by atoms with E-state index in [1.54, 1.807) is 13.0 Å². The average Bonchev–Trinajstić information content (AvgIpc) is 2.18. The van der Waals surface area contributed by atoms with Crippen molar-refractivity contribution in [1.29, 1.82) is 0 Å². The lowest BCUT2D eigenvalue weighted by molar-refractivity contribution is 0.571. The normalized spacial score (nSPS) is 13.9. The average molecular weight is 279 g/mol. The number of alkyl halides is 1. The third-order valence-electron chi connectivity index (χ3n) is 1.53. The number of rotatable bonds is 4. The van der Waals surface area contributed by atoms with E-state index in [0.29, 0.717) is 5.33 Å². The number of nitrogens with zero attached hydrogens (tertiary/aromatic N) is 1. The standard InChI is InChI=1S/C8H11BrN2O2S/c1-7(5-9)11-14(12,13)8-3-2-4-10-6-8/h2-4,6-7,11H,5H2,1H3. The molecule has 1 atom stereocenters. The molecule has 1 heterocycles. The van der Waals surface area contributed by atoms with E-state index in [-0.39, 0.29) is 10.9 Å². The van der Waals surface area contributed by atoms with E-state index in [1.165, 1.54) is 18.5 Å². The van der Waals surface area contributed by atoms with Crippen LogP contribution in [0.5, 0.6) is 0 Å². The highest BCUT2D eigenvalue weighted by Crippen LogP contribution is 2.06. The van der Waals surface area contributed by atoms with Gasteiger partial charge in [-0.05, 0) is 19.1 Å². The van der Waals surface area contributed by atoms with Crippen LogP contribution in [0.2, 0.25) is 0 Å². The van der Waals surface area contributed by atoms with Gasteiger partial charge in [-0.3, -0.25) is 4.98 Å². The van der Waals surface area contributed by atoms with Crippen molar-refractivity contribution in [2.45, 2.75) is 17.9 Å². The van der Waals surface area contributed by atoms with Crippen molar-refractivity contribution < 1.29 is 8.42 Å². The molecule has 0 amide bonds. The zero-order valence-electron chi connectivity index (χ0n) is 7.64. The van der Waals surface area contributed by atoms with Crippen LogP contribution in [0.3, 0.4) is 0 Å². The number of nitrogens with one attached hydrogen (secondary N) is 1. The lowest BCUT2D eigenvalue weighted by atomic mass is 10.4. The van der Waals surface area contributed by atoms with Crippen LogP contribution in [0.15, 0.2) is 29.4 Å². The summed E-state index contributed by atoms with van der Waals surface area (Å²) in [6.07, 6.45) is 2.86. The van der Waals surface area contributed by atoms with Crippen molar-refractivity contribution in [3.05, 3.63) is 24.5 Å². The summed E-state index contributed by atoms with van der Waals surface area (Å²) >= 11 is 3.20. The van der Waals surface area contributed by atoms with Crippen LogP contribution < -0.4 is 4.72 Å². The van der Waals surface area contributed by atoms with E-state index in [9.17, 15) is 8.42 Å². The maximum absolute atomic E-state index is 11.6. The lowest BCUT2D eigenvalue weighted by Gasteiger charge is -2.10. The van der Waals surface area contributed by atoms with Crippen molar-refractivity contribution in [3.63, 3.8) is 0 Å². The molecular weight excluding hydrogens is 268 g/mol. The molecule has 1 unspecified atom stereocenters. The molecule has 14 heavy (non-hydrogen) atoms. The molecule has 1 N–H and O–H groups in total. The van der Waals surface area contributed by atoms with Gasteiger partial charge in [0.2, 0.25) is 10.0 Å². The molecule has 6 heteroatoms. The van der Waals surface area contributed by atoms with Gasteiger partial charge in [-0.1, -0.05) is 15.9 Å². The highest BCUT2D eigenvalue weighted by molar-refractivity contribution is 9.09. The molecule has 4 nitrogen and oxygen atoms in total. The molecule has 0 bridgehead atoms. The summed E-state index contributed by atoms with van der Waals surface area (Å²) < 4.78 is 25.8. The minimum atomic E-state index is -3.41. The highest BCUT2D eigenvalue weighted by Gasteiger charge is 2.16. The third-order valence-corrected chi connectivity index (χ3v) is 4.08. The van der Waals surface area contributed by atoms with E-state index in [4.69, 9.17) is 0 Å². The fraction of sp³-hybridized carbons (Fsp3) is 0.375. The summed E-state index contributed by atoms with van der Waals surface area (Å²) in [7, 11) is -3.41. The predicted octanol–water partition coefficient (Wildman–Crippen LogP) is 1.14. The van der Waals surface area contributed by atoms with Crippen molar-refractivity contribution >= 4 is 26.0 Å². The molecule has 0 aliphatic rings. The summed E-state index contributed by atoms with van der Waals surface area (Å²) in [6.45, 7) is 1.78. The van der Waals surface area contributed by atoms with Gasteiger partial charge in [-0.15, -0.1) is 0 Å². The molecule has 0 radical (unpaired) electrons. The molecule has 0 spiro atoms. The number of aromatic nitrogens is 1. The van der Waals surface area contributed by atoms with Crippen LogP contribution in [0, 0.1) is 0 Å². The Hall–Kier alpha value is -0.460. The van der Waals surface area contributed by atoms with Gasteiger partial charge in [0, 0.05) is 23.8 Å². The first kappa shape index (κ1) is 11.6. The Balaban J connectivity index is 2.87. The fourth-order valence-electron chi connectivity index (χ4n) is 0.870. The lowest BCUT2D eigenvalue weighted by Crippen LogP contribution is -2.33. The third kappa shape index (κ3) is 3.04. The number of hydrogen-bond acceptors (Lipinski definition) is 3. The van der Waals surface area contributed by atoms with Crippen molar-refractivity contribution in [1.82, 2.24) is 9.71 Å². The van der Waals surface area contributed by atoms with Gasteiger partial charge in [0.25, 0.3) is 0 Å². The van der Waals surface area contributed by atoms with Crippen molar-refractivity contribution in [3.8, 4) is 0 Å². The maximum atomic E-state index is 11.6. The molecule has 0 saturated carbocycles. The van der Waals surface area contributed by atoms with Crippen LogP contribution in [-0.2, 0) is 10.0 Å². The van der Waals surface area contributed by atoms with Crippen molar-refractivity contribution in [2.24, 2.45) is 0 Å². The van der Waals surface area contributed by atoms with Crippen LogP contribution in [0.4, 0.5) is 0 Å². The van der Waals surface area contributed by atoms with Gasteiger partial charge in [0.05, 0.1) is 0 Å². The van der Waals surface area contributed by atoms with Crippen LogP contribution in [0.1, 0.15) is 6.92 Å². The summed E-state index contributed by atoms with van der Waals surface area (Å²) in [5.41, 5.74) is 0. The first-order valence-electron chi connectivity index (χ1n) is 4.04. The summed E-state index contributed by atoms with van der Waals surface area (Å²) in [5.74, 6) is 0. The summed E-state index contributed by atoms with van der Waals surface area (Å²) in [6, 6.07) is 2.96. The molecule has 0 aromatic carbocycles. The summed E-state index contributed by atoms with van der Waals surface area (Å²) in [4.78, 5) is 3.94. The topological polar surface area (TPSA) is 59.1 Å². The molecule has 0 fully saturated rings. The number of sulfonamides is 1. The smallest absolute Gasteiger partial charge is 0.242 e. The molecule has 1 aromatic heterocycles. The summed E-state index contributed by atoms with van der Waals surface area (Å²) in [5, 5.41) is 0.576. The van der Waals surface area contributed by atoms with Crippen molar-refractivity contribution in [2.75, 3.05) is 5.33 Å². The van der Waals surface area contributed by atoms with Gasteiger partial charge < -0.3 is 0 Å². The molecule has 0 saturated heterocycles.